The van der Waals surface area contributed by atoms with Crippen LogP contribution in [0, 0.1) is 5.82 Å². The minimum absolute atomic E-state index is 0.297. The number of rotatable bonds is 3. The summed E-state index contributed by atoms with van der Waals surface area (Å²) >= 11 is 12.3. The van der Waals surface area contributed by atoms with Gasteiger partial charge in [0.2, 0.25) is 0 Å². The molecule has 2 rings (SSSR count). The summed E-state index contributed by atoms with van der Waals surface area (Å²) in [6.07, 6.45) is 0. The lowest BCUT2D eigenvalue weighted by Gasteiger charge is -2.13. The molecule has 1 unspecified atom stereocenters. The summed E-state index contributed by atoms with van der Waals surface area (Å²) in [5, 5.41) is -0.296. The molecule has 0 spiro atoms. The second-order valence-corrected chi connectivity index (χ2v) is 4.61. The zero-order valence-corrected chi connectivity index (χ0v) is 11.2. The quantitative estimate of drug-likeness (QED) is 0.735. The molecule has 94 valence electrons. The Bertz CT molecular complexity index is 520. The first-order valence-electron chi connectivity index (χ1n) is 5.35. The fourth-order valence-corrected chi connectivity index (χ4v) is 2.39. The minimum atomic E-state index is -0.621. The van der Waals surface area contributed by atoms with Crippen molar-refractivity contribution in [2.45, 2.75) is 5.38 Å². The van der Waals surface area contributed by atoms with Crippen LogP contribution in [0.25, 0.3) is 0 Å². The molecule has 4 heteroatoms. The van der Waals surface area contributed by atoms with E-state index >= 15 is 0 Å². The van der Waals surface area contributed by atoms with E-state index in [9.17, 15) is 4.39 Å². The van der Waals surface area contributed by atoms with Crippen LogP contribution in [-0.4, -0.2) is 7.11 Å². The predicted molar refractivity (Wildman–Crippen MR) is 72.1 cm³/mol. The van der Waals surface area contributed by atoms with Gasteiger partial charge in [0, 0.05) is 10.6 Å². The summed E-state index contributed by atoms with van der Waals surface area (Å²) < 4.78 is 18.8. The molecule has 0 heterocycles. The van der Waals surface area contributed by atoms with E-state index in [4.69, 9.17) is 27.9 Å². The highest BCUT2D eigenvalue weighted by Crippen LogP contribution is 2.35. The molecule has 0 saturated carbocycles. The van der Waals surface area contributed by atoms with Gasteiger partial charge in [-0.2, -0.15) is 0 Å². The van der Waals surface area contributed by atoms with E-state index < -0.39 is 11.2 Å². The van der Waals surface area contributed by atoms with Gasteiger partial charge in [0.1, 0.15) is 11.6 Å². The lowest BCUT2D eigenvalue weighted by atomic mass is 10.0. The molecular weight excluding hydrogens is 274 g/mol. The maximum atomic E-state index is 13.7. The van der Waals surface area contributed by atoms with Crippen molar-refractivity contribution in [3.63, 3.8) is 0 Å². The third-order valence-electron chi connectivity index (χ3n) is 2.66. The van der Waals surface area contributed by atoms with Crippen LogP contribution in [0.4, 0.5) is 4.39 Å². The Balaban J connectivity index is 2.38. The maximum Gasteiger partial charge on any atom is 0.129 e. The van der Waals surface area contributed by atoms with Crippen molar-refractivity contribution in [3.8, 4) is 5.75 Å². The number of alkyl halides is 1. The van der Waals surface area contributed by atoms with E-state index in [1.807, 2.05) is 0 Å². The molecule has 0 bridgehead atoms. The molecule has 0 aliphatic heterocycles. The van der Waals surface area contributed by atoms with Crippen molar-refractivity contribution in [1.29, 1.82) is 0 Å². The van der Waals surface area contributed by atoms with Crippen molar-refractivity contribution in [1.82, 2.24) is 0 Å². The van der Waals surface area contributed by atoms with Crippen molar-refractivity contribution >= 4 is 23.2 Å². The normalized spacial score (nSPS) is 12.2. The fraction of sp³-hybridized carbons (Fsp3) is 0.143. The van der Waals surface area contributed by atoms with Gasteiger partial charge in [-0.05, 0) is 29.8 Å². The van der Waals surface area contributed by atoms with Gasteiger partial charge < -0.3 is 4.74 Å². The Morgan fingerprint density at radius 1 is 1.11 bits per heavy atom. The summed E-state index contributed by atoms with van der Waals surface area (Å²) in [4.78, 5) is 0. The molecule has 18 heavy (non-hydrogen) atoms. The van der Waals surface area contributed by atoms with Gasteiger partial charge in [-0.15, -0.1) is 11.6 Å². The van der Waals surface area contributed by atoms with Crippen LogP contribution in [-0.2, 0) is 0 Å². The van der Waals surface area contributed by atoms with Gasteiger partial charge >= 0.3 is 0 Å². The van der Waals surface area contributed by atoms with Crippen LogP contribution in [0.2, 0.25) is 5.02 Å². The number of ether oxygens (including phenoxy) is 1. The third kappa shape index (κ3) is 2.60. The smallest absolute Gasteiger partial charge is 0.129 e. The molecule has 1 atom stereocenters. The lowest BCUT2D eigenvalue weighted by Crippen LogP contribution is -1.98. The van der Waals surface area contributed by atoms with Crippen molar-refractivity contribution in [2.24, 2.45) is 0 Å². The molecule has 0 aliphatic rings. The first-order chi connectivity index (χ1) is 8.63. The van der Waals surface area contributed by atoms with Crippen molar-refractivity contribution in [2.75, 3.05) is 7.11 Å². The number of methoxy groups -OCH3 is 1. The summed E-state index contributed by atoms with van der Waals surface area (Å²) in [5.41, 5.74) is 1.07. The van der Waals surface area contributed by atoms with Crippen LogP contribution >= 0.6 is 23.2 Å². The summed E-state index contributed by atoms with van der Waals surface area (Å²) in [7, 11) is 1.58. The zero-order valence-electron chi connectivity index (χ0n) is 9.66. The van der Waals surface area contributed by atoms with E-state index in [-0.39, 0.29) is 0 Å². The molecular formula is C14H11Cl2FO. The van der Waals surface area contributed by atoms with E-state index in [0.717, 1.165) is 11.3 Å². The maximum absolute atomic E-state index is 13.7. The summed E-state index contributed by atoms with van der Waals surface area (Å²) in [5.74, 6) is 0.320. The van der Waals surface area contributed by atoms with Gasteiger partial charge in [0.05, 0.1) is 12.5 Å². The number of hydrogen-bond donors (Lipinski definition) is 0. The van der Waals surface area contributed by atoms with Crippen LogP contribution in [0.5, 0.6) is 5.75 Å². The number of hydrogen-bond acceptors (Lipinski definition) is 1. The highest BCUT2D eigenvalue weighted by atomic mass is 35.5. The predicted octanol–water partition coefficient (Wildman–Crippen LogP) is 4.82. The molecule has 0 saturated heterocycles. The molecule has 0 amide bonds. The monoisotopic (exact) mass is 284 g/mol. The fourth-order valence-electron chi connectivity index (χ4n) is 1.69. The largest absolute Gasteiger partial charge is 0.497 e. The Labute approximate surface area is 115 Å². The zero-order chi connectivity index (χ0) is 13.1. The Morgan fingerprint density at radius 2 is 1.78 bits per heavy atom. The second kappa shape index (κ2) is 5.59. The first kappa shape index (κ1) is 13.2. The Morgan fingerprint density at radius 3 is 2.33 bits per heavy atom. The molecule has 0 N–H and O–H groups in total. The van der Waals surface area contributed by atoms with E-state index in [0.29, 0.717) is 10.6 Å². The minimum Gasteiger partial charge on any atom is -0.497 e. The summed E-state index contributed by atoms with van der Waals surface area (Å²) in [6.45, 7) is 0. The average molecular weight is 285 g/mol. The highest BCUT2D eigenvalue weighted by Gasteiger charge is 2.18. The Hall–Kier alpha value is -1.25. The standard InChI is InChI=1S/C14H11Cl2FO/c1-18-10-7-5-9(6-8-10)14(16)13-11(15)3-2-4-12(13)17/h2-8,14H,1H3. The van der Waals surface area contributed by atoms with Crippen molar-refractivity contribution in [3.05, 3.63) is 64.4 Å². The van der Waals surface area contributed by atoms with Gasteiger partial charge in [0.15, 0.2) is 0 Å². The van der Waals surface area contributed by atoms with E-state index in [2.05, 4.69) is 0 Å². The van der Waals surface area contributed by atoms with Crippen molar-refractivity contribution < 1.29 is 9.13 Å². The second-order valence-electron chi connectivity index (χ2n) is 3.77. The van der Waals surface area contributed by atoms with Gasteiger partial charge in [-0.3, -0.25) is 0 Å². The SMILES string of the molecule is COc1ccc(C(Cl)c2c(F)cccc2Cl)cc1. The Kier molecular flexibility index (Phi) is 4.10. The topological polar surface area (TPSA) is 9.23 Å². The summed E-state index contributed by atoms with van der Waals surface area (Å²) in [6, 6.07) is 11.7. The van der Waals surface area contributed by atoms with Gasteiger partial charge in [-0.25, -0.2) is 4.39 Å². The van der Waals surface area contributed by atoms with Crippen LogP contribution < -0.4 is 4.74 Å². The highest BCUT2D eigenvalue weighted by molar-refractivity contribution is 6.33. The molecule has 0 radical (unpaired) electrons. The molecule has 1 nitrogen and oxygen atoms in total. The molecule has 0 aromatic heterocycles. The van der Waals surface area contributed by atoms with E-state index in [1.54, 1.807) is 43.5 Å². The molecule has 2 aromatic carbocycles. The number of halogens is 3. The first-order valence-corrected chi connectivity index (χ1v) is 6.17. The number of benzene rings is 2. The lowest BCUT2D eigenvalue weighted by molar-refractivity contribution is 0.414. The molecule has 2 aromatic rings. The van der Waals surface area contributed by atoms with E-state index in [1.165, 1.54) is 6.07 Å². The van der Waals surface area contributed by atoms with Crippen LogP contribution in [0.15, 0.2) is 42.5 Å². The van der Waals surface area contributed by atoms with Crippen LogP contribution in [0.3, 0.4) is 0 Å². The van der Waals surface area contributed by atoms with Crippen LogP contribution in [0.1, 0.15) is 16.5 Å². The average Bonchev–Trinajstić information content (AvgIpc) is 2.38. The third-order valence-corrected chi connectivity index (χ3v) is 3.46. The molecule has 0 fully saturated rings. The van der Waals surface area contributed by atoms with Gasteiger partial charge in [-0.1, -0.05) is 29.8 Å². The molecule has 0 aliphatic carbocycles. The van der Waals surface area contributed by atoms with Gasteiger partial charge in [0.25, 0.3) is 0 Å².